The molecule has 0 bridgehead atoms. The highest BCUT2D eigenvalue weighted by atomic mass is 16.5. The Morgan fingerprint density at radius 1 is 1.35 bits per heavy atom. The fraction of sp³-hybridized carbons (Fsp3) is 0.308. The zero-order valence-electron chi connectivity index (χ0n) is 10.6. The Morgan fingerprint density at radius 3 is 2.50 bits per heavy atom. The molecule has 1 atom stereocenters. The van der Waals surface area contributed by atoms with Crippen molar-refractivity contribution < 1.29 is 24.5 Å². The Hall–Kier alpha value is -2.59. The molecule has 0 aromatic heterocycles. The standard InChI is InChI=1S/C13H14N2O5/c14-7-9-1-3-10(4-2-9)20-8-12(17)15-11(5-6-16)13(18)19/h1-4,11,16H,5-6,8H2,(H,15,17)(H,18,19)/t11-/m0/s1. The van der Waals surface area contributed by atoms with E-state index in [1.54, 1.807) is 12.1 Å². The van der Waals surface area contributed by atoms with Gasteiger partial charge in [-0.1, -0.05) is 0 Å². The van der Waals surface area contributed by atoms with Gasteiger partial charge in [0.25, 0.3) is 5.91 Å². The first kappa shape index (κ1) is 15.5. The zero-order chi connectivity index (χ0) is 15.0. The van der Waals surface area contributed by atoms with Crippen LogP contribution in [0.25, 0.3) is 0 Å². The van der Waals surface area contributed by atoms with E-state index < -0.39 is 17.9 Å². The molecule has 0 spiro atoms. The van der Waals surface area contributed by atoms with Gasteiger partial charge in [0.05, 0.1) is 11.6 Å². The number of carboxylic acid groups (broad SMARTS) is 1. The van der Waals surface area contributed by atoms with E-state index in [0.717, 1.165) is 0 Å². The molecule has 1 aromatic rings. The van der Waals surface area contributed by atoms with Crippen molar-refractivity contribution in [3.63, 3.8) is 0 Å². The first-order chi connectivity index (χ1) is 9.56. The van der Waals surface area contributed by atoms with Gasteiger partial charge in [0.1, 0.15) is 11.8 Å². The third-order valence-electron chi connectivity index (χ3n) is 2.40. The molecule has 0 saturated carbocycles. The van der Waals surface area contributed by atoms with Crippen molar-refractivity contribution in [1.82, 2.24) is 5.32 Å². The zero-order valence-corrected chi connectivity index (χ0v) is 10.6. The van der Waals surface area contributed by atoms with Crippen LogP contribution in [0, 0.1) is 11.3 Å². The summed E-state index contributed by atoms with van der Waals surface area (Å²) >= 11 is 0. The molecule has 7 nitrogen and oxygen atoms in total. The van der Waals surface area contributed by atoms with Crippen LogP contribution >= 0.6 is 0 Å². The molecule has 1 amide bonds. The first-order valence-electron chi connectivity index (χ1n) is 5.83. The van der Waals surface area contributed by atoms with Crippen LogP contribution in [-0.4, -0.2) is 41.3 Å². The second-order valence-corrected chi connectivity index (χ2v) is 3.90. The number of ether oxygens (including phenoxy) is 1. The molecule has 1 aromatic carbocycles. The summed E-state index contributed by atoms with van der Waals surface area (Å²) in [5.41, 5.74) is 0.468. The second-order valence-electron chi connectivity index (χ2n) is 3.90. The highest BCUT2D eigenvalue weighted by molar-refractivity contribution is 5.84. The molecule has 0 heterocycles. The van der Waals surface area contributed by atoms with Crippen molar-refractivity contribution in [3.05, 3.63) is 29.8 Å². The molecule has 0 saturated heterocycles. The lowest BCUT2D eigenvalue weighted by atomic mass is 10.2. The number of aliphatic hydroxyl groups excluding tert-OH is 1. The number of nitrogens with one attached hydrogen (secondary N) is 1. The number of aliphatic carboxylic acids is 1. The molecular weight excluding hydrogens is 264 g/mol. The molecule has 106 valence electrons. The minimum absolute atomic E-state index is 0.0715. The summed E-state index contributed by atoms with van der Waals surface area (Å²) in [5.74, 6) is -1.42. The number of amides is 1. The van der Waals surface area contributed by atoms with Crippen molar-refractivity contribution in [2.75, 3.05) is 13.2 Å². The highest BCUT2D eigenvalue weighted by Gasteiger charge is 2.19. The number of aliphatic hydroxyl groups is 1. The smallest absolute Gasteiger partial charge is 0.326 e. The predicted octanol–water partition coefficient (Wildman–Crippen LogP) is -0.111. The number of carbonyl (C=O) groups is 2. The minimum atomic E-state index is -1.22. The molecule has 0 unspecified atom stereocenters. The van der Waals surface area contributed by atoms with Gasteiger partial charge in [0, 0.05) is 13.0 Å². The fourth-order valence-corrected chi connectivity index (χ4v) is 1.40. The number of carboxylic acids is 1. The van der Waals surface area contributed by atoms with Gasteiger partial charge >= 0.3 is 5.97 Å². The maximum Gasteiger partial charge on any atom is 0.326 e. The molecule has 0 aliphatic carbocycles. The Balaban J connectivity index is 2.46. The number of hydrogen-bond donors (Lipinski definition) is 3. The van der Waals surface area contributed by atoms with Gasteiger partial charge in [0.15, 0.2) is 6.61 Å². The van der Waals surface area contributed by atoms with E-state index in [1.807, 2.05) is 6.07 Å². The average molecular weight is 278 g/mol. The van der Waals surface area contributed by atoms with E-state index in [-0.39, 0.29) is 19.6 Å². The van der Waals surface area contributed by atoms with Crippen LogP contribution in [0.3, 0.4) is 0 Å². The van der Waals surface area contributed by atoms with Crippen molar-refractivity contribution >= 4 is 11.9 Å². The predicted molar refractivity (Wildman–Crippen MR) is 67.9 cm³/mol. The number of hydrogen-bond acceptors (Lipinski definition) is 5. The lowest BCUT2D eigenvalue weighted by Gasteiger charge is -2.13. The Kier molecular flexibility index (Phi) is 6.00. The maximum absolute atomic E-state index is 11.5. The van der Waals surface area contributed by atoms with E-state index in [1.165, 1.54) is 12.1 Å². The third kappa shape index (κ3) is 4.96. The van der Waals surface area contributed by atoms with E-state index in [0.29, 0.717) is 11.3 Å². The molecule has 20 heavy (non-hydrogen) atoms. The highest BCUT2D eigenvalue weighted by Crippen LogP contribution is 2.11. The second kappa shape index (κ2) is 7.76. The molecule has 0 fully saturated rings. The normalized spacial score (nSPS) is 11.2. The quantitative estimate of drug-likeness (QED) is 0.640. The van der Waals surface area contributed by atoms with Gasteiger partial charge < -0.3 is 20.3 Å². The van der Waals surface area contributed by atoms with E-state index >= 15 is 0 Å². The summed E-state index contributed by atoms with van der Waals surface area (Å²) in [6.45, 7) is -0.686. The van der Waals surface area contributed by atoms with Gasteiger partial charge in [-0.2, -0.15) is 5.26 Å². The van der Waals surface area contributed by atoms with E-state index in [2.05, 4.69) is 5.32 Å². The summed E-state index contributed by atoms with van der Waals surface area (Å²) in [7, 11) is 0. The fourth-order valence-electron chi connectivity index (χ4n) is 1.40. The van der Waals surface area contributed by atoms with Gasteiger partial charge in [-0.15, -0.1) is 0 Å². The molecule has 0 aliphatic heterocycles. The van der Waals surface area contributed by atoms with E-state index in [4.69, 9.17) is 20.2 Å². The summed E-state index contributed by atoms with van der Waals surface area (Å²) in [4.78, 5) is 22.3. The van der Waals surface area contributed by atoms with Crippen molar-refractivity contribution in [3.8, 4) is 11.8 Å². The molecule has 7 heteroatoms. The van der Waals surface area contributed by atoms with Gasteiger partial charge in [-0.3, -0.25) is 4.79 Å². The van der Waals surface area contributed by atoms with Crippen LogP contribution in [-0.2, 0) is 9.59 Å². The number of nitrogens with zero attached hydrogens (tertiary/aromatic N) is 1. The minimum Gasteiger partial charge on any atom is -0.484 e. The summed E-state index contributed by atoms with van der Waals surface area (Å²) in [6, 6.07) is 6.96. The van der Waals surface area contributed by atoms with Crippen molar-refractivity contribution in [2.45, 2.75) is 12.5 Å². The Morgan fingerprint density at radius 2 is 2.00 bits per heavy atom. The lowest BCUT2D eigenvalue weighted by molar-refractivity contribution is -0.142. The Labute approximate surface area is 115 Å². The average Bonchev–Trinajstić information content (AvgIpc) is 2.45. The first-order valence-corrected chi connectivity index (χ1v) is 5.83. The number of rotatable bonds is 7. The topological polar surface area (TPSA) is 120 Å². The number of carbonyl (C=O) groups excluding carboxylic acids is 1. The van der Waals surface area contributed by atoms with Crippen molar-refractivity contribution in [2.24, 2.45) is 0 Å². The van der Waals surface area contributed by atoms with Gasteiger partial charge in [-0.05, 0) is 24.3 Å². The van der Waals surface area contributed by atoms with Crippen LogP contribution < -0.4 is 10.1 Å². The molecule has 1 rings (SSSR count). The number of benzene rings is 1. The summed E-state index contributed by atoms with van der Waals surface area (Å²) in [6.07, 6.45) is -0.0715. The van der Waals surface area contributed by atoms with Crippen LogP contribution in [0.15, 0.2) is 24.3 Å². The molecule has 3 N–H and O–H groups in total. The number of nitriles is 1. The monoisotopic (exact) mass is 278 g/mol. The Bertz CT molecular complexity index is 506. The third-order valence-corrected chi connectivity index (χ3v) is 2.40. The van der Waals surface area contributed by atoms with Crippen LogP contribution in [0.1, 0.15) is 12.0 Å². The van der Waals surface area contributed by atoms with Crippen LogP contribution in [0.4, 0.5) is 0 Å². The SMILES string of the molecule is N#Cc1ccc(OCC(=O)N[C@@H](CCO)C(=O)O)cc1. The summed E-state index contributed by atoms with van der Waals surface area (Å²) in [5, 5.41) is 28.3. The molecular formula is C13H14N2O5. The molecule has 0 radical (unpaired) electrons. The lowest BCUT2D eigenvalue weighted by Crippen LogP contribution is -2.43. The largest absolute Gasteiger partial charge is 0.484 e. The van der Waals surface area contributed by atoms with Crippen LogP contribution in [0.5, 0.6) is 5.75 Å². The van der Waals surface area contributed by atoms with Gasteiger partial charge in [0.2, 0.25) is 0 Å². The van der Waals surface area contributed by atoms with Gasteiger partial charge in [-0.25, -0.2) is 4.79 Å². The maximum atomic E-state index is 11.5. The molecule has 0 aliphatic rings. The van der Waals surface area contributed by atoms with E-state index in [9.17, 15) is 9.59 Å². The van der Waals surface area contributed by atoms with Crippen LogP contribution in [0.2, 0.25) is 0 Å². The summed E-state index contributed by atoms with van der Waals surface area (Å²) < 4.78 is 5.15. The van der Waals surface area contributed by atoms with Crippen molar-refractivity contribution in [1.29, 1.82) is 5.26 Å².